The minimum atomic E-state index is -0.413. The average Bonchev–Trinajstić information content (AvgIpc) is 2.45. The van der Waals surface area contributed by atoms with Crippen LogP contribution in [-0.4, -0.2) is 11.5 Å². The van der Waals surface area contributed by atoms with Gasteiger partial charge in [0.05, 0.1) is 6.54 Å². The first-order valence-corrected chi connectivity index (χ1v) is 6.21. The highest BCUT2D eigenvalue weighted by molar-refractivity contribution is 5.40. The molecular formula is C16H15FN2O. The molecule has 0 amide bonds. The number of halogens is 1. The van der Waals surface area contributed by atoms with Gasteiger partial charge >= 0.3 is 0 Å². The summed E-state index contributed by atoms with van der Waals surface area (Å²) < 4.78 is 19.1. The Morgan fingerprint density at radius 1 is 1.30 bits per heavy atom. The molecule has 0 fully saturated rings. The number of nitrogens with zero attached hydrogens (tertiary/aromatic N) is 1. The molecule has 0 radical (unpaired) electrons. The van der Waals surface area contributed by atoms with Crippen LogP contribution in [0.3, 0.4) is 0 Å². The molecule has 2 aromatic rings. The van der Waals surface area contributed by atoms with Gasteiger partial charge in [0.25, 0.3) is 0 Å². The predicted molar refractivity (Wildman–Crippen MR) is 75.6 cm³/mol. The number of nitrogens with two attached hydrogens (primary N) is 1. The van der Waals surface area contributed by atoms with Crippen LogP contribution in [0.1, 0.15) is 16.7 Å². The molecular weight excluding hydrogens is 255 g/mol. The zero-order chi connectivity index (χ0) is 14.4. The molecule has 2 rings (SSSR count). The highest BCUT2D eigenvalue weighted by atomic mass is 19.1. The van der Waals surface area contributed by atoms with Crippen molar-refractivity contribution < 1.29 is 9.13 Å². The van der Waals surface area contributed by atoms with Crippen molar-refractivity contribution in [3.8, 4) is 17.6 Å². The Morgan fingerprint density at radius 2 is 2.15 bits per heavy atom. The largest absolute Gasteiger partial charge is 0.486 e. The van der Waals surface area contributed by atoms with Crippen LogP contribution in [0.5, 0.6) is 5.75 Å². The molecule has 0 aliphatic heterocycles. The van der Waals surface area contributed by atoms with Crippen LogP contribution in [0.15, 0.2) is 36.7 Å². The molecule has 0 saturated heterocycles. The van der Waals surface area contributed by atoms with Gasteiger partial charge in [0.2, 0.25) is 0 Å². The molecule has 1 heterocycles. The Morgan fingerprint density at radius 3 is 2.90 bits per heavy atom. The van der Waals surface area contributed by atoms with Gasteiger partial charge in [-0.15, -0.1) is 0 Å². The monoisotopic (exact) mass is 270 g/mol. The van der Waals surface area contributed by atoms with Gasteiger partial charge in [-0.05, 0) is 36.8 Å². The molecule has 0 atom stereocenters. The van der Waals surface area contributed by atoms with Crippen LogP contribution in [0.4, 0.5) is 4.39 Å². The summed E-state index contributed by atoms with van der Waals surface area (Å²) in [5.74, 6) is 5.33. The van der Waals surface area contributed by atoms with Gasteiger partial charge in [0, 0.05) is 23.5 Å². The SMILES string of the molecule is Cc1cncc(COc2cc(C#CCN)ccc2F)c1. The molecule has 0 saturated carbocycles. The Hall–Kier alpha value is -2.38. The number of rotatable bonds is 3. The fraction of sp³-hybridized carbons (Fsp3) is 0.188. The minimum absolute atomic E-state index is 0.176. The summed E-state index contributed by atoms with van der Waals surface area (Å²) in [4.78, 5) is 4.07. The first kappa shape index (κ1) is 14.0. The van der Waals surface area contributed by atoms with Crippen molar-refractivity contribution in [1.29, 1.82) is 0 Å². The average molecular weight is 270 g/mol. The Labute approximate surface area is 117 Å². The normalized spacial score (nSPS) is 9.75. The molecule has 0 aliphatic carbocycles. The molecule has 20 heavy (non-hydrogen) atoms. The van der Waals surface area contributed by atoms with Crippen LogP contribution in [-0.2, 0) is 6.61 Å². The smallest absolute Gasteiger partial charge is 0.165 e. The van der Waals surface area contributed by atoms with E-state index in [1.807, 2.05) is 13.0 Å². The van der Waals surface area contributed by atoms with Crippen LogP contribution in [0.25, 0.3) is 0 Å². The first-order valence-electron chi connectivity index (χ1n) is 6.21. The first-order chi connectivity index (χ1) is 9.69. The van der Waals surface area contributed by atoms with E-state index in [-0.39, 0.29) is 18.9 Å². The maximum atomic E-state index is 13.7. The van der Waals surface area contributed by atoms with E-state index >= 15 is 0 Å². The number of pyridine rings is 1. The number of ether oxygens (including phenoxy) is 1. The van der Waals surface area contributed by atoms with Gasteiger partial charge in [0.1, 0.15) is 6.61 Å². The summed E-state index contributed by atoms with van der Waals surface area (Å²) in [5, 5.41) is 0. The zero-order valence-electron chi connectivity index (χ0n) is 11.2. The van der Waals surface area contributed by atoms with Crippen molar-refractivity contribution in [3.05, 3.63) is 59.2 Å². The van der Waals surface area contributed by atoms with Gasteiger partial charge < -0.3 is 10.5 Å². The summed E-state index contributed by atoms with van der Waals surface area (Å²) in [7, 11) is 0. The number of hydrogen-bond acceptors (Lipinski definition) is 3. The lowest BCUT2D eigenvalue weighted by atomic mass is 10.2. The van der Waals surface area contributed by atoms with Gasteiger partial charge in [-0.25, -0.2) is 4.39 Å². The van der Waals surface area contributed by atoms with Gasteiger partial charge in [-0.2, -0.15) is 0 Å². The molecule has 0 bridgehead atoms. The zero-order valence-corrected chi connectivity index (χ0v) is 11.2. The van der Waals surface area contributed by atoms with Gasteiger partial charge in [-0.3, -0.25) is 4.98 Å². The fourth-order valence-corrected chi connectivity index (χ4v) is 1.70. The number of aryl methyl sites for hydroxylation is 1. The maximum absolute atomic E-state index is 13.7. The summed E-state index contributed by atoms with van der Waals surface area (Å²) in [6.07, 6.45) is 3.45. The minimum Gasteiger partial charge on any atom is -0.486 e. The van der Waals surface area contributed by atoms with Crippen molar-refractivity contribution in [2.75, 3.05) is 6.54 Å². The highest BCUT2D eigenvalue weighted by Crippen LogP contribution is 2.19. The van der Waals surface area contributed by atoms with Crippen LogP contribution in [0, 0.1) is 24.6 Å². The Balaban J connectivity index is 2.12. The van der Waals surface area contributed by atoms with Crippen molar-refractivity contribution in [2.24, 2.45) is 5.73 Å². The second-order valence-corrected chi connectivity index (χ2v) is 4.31. The van der Waals surface area contributed by atoms with E-state index in [0.717, 1.165) is 11.1 Å². The topological polar surface area (TPSA) is 48.1 Å². The van der Waals surface area contributed by atoms with E-state index in [0.29, 0.717) is 5.56 Å². The third-order valence-electron chi connectivity index (χ3n) is 2.59. The van der Waals surface area contributed by atoms with E-state index in [9.17, 15) is 4.39 Å². The highest BCUT2D eigenvalue weighted by Gasteiger charge is 2.05. The van der Waals surface area contributed by atoms with Crippen LogP contribution >= 0.6 is 0 Å². The summed E-state index contributed by atoms with van der Waals surface area (Å²) in [6, 6.07) is 6.45. The van der Waals surface area contributed by atoms with Crippen molar-refractivity contribution in [1.82, 2.24) is 4.98 Å². The second kappa shape index (κ2) is 6.69. The third-order valence-corrected chi connectivity index (χ3v) is 2.59. The Bertz CT molecular complexity index is 659. The van der Waals surface area contributed by atoms with Crippen molar-refractivity contribution in [2.45, 2.75) is 13.5 Å². The molecule has 3 nitrogen and oxygen atoms in total. The summed E-state index contributed by atoms with van der Waals surface area (Å²) in [5.41, 5.74) is 7.91. The van der Waals surface area contributed by atoms with Gasteiger partial charge in [-0.1, -0.05) is 11.8 Å². The second-order valence-electron chi connectivity index (χ2n) is 4.31. The summed E-state index contributed by atoms with van der Waals surface area (Å²) >= 11 is 0. The Kier molecular flexibility index (Phi) is 4.70. The molecule has 4 heteroatoms. The molecule has 0 spiro atoms. The van der Waals surface area contributed by atoms with E-state index < -0.39 is 5.82 Å². The lowest BCUT2D eigenvalue weighted by molar-refractivity contribution is 0.289. The van der Waals surface area contributed by atoms with Crippen molar-refractivity contribution >= 4 is 0 Å². The molecule has 1 aromatic heterocycles. The van der Waals surface area contributed by atoms with Crippen molar-refractivity contribution in [3.63, 3.8) is 0 Å². The fourth-order valence-electron chi connectivity index (χ4n) is 1.70. The van der Waals surface area contributed by atoms with Gasteiger partial charge in [0.15, 0.2) is 11.6 Å². The standard InChI is InChI=1S/C16H15FN2O/c1-12-7-14(10-19-9-12)11-20-16-8-13(3-2-6-18)4-5-15(16)17/h4-5,7-10H,6,11,18H2,1H3. The number of benzene rings is 1. The van der Waals surface area contributed by atoms with E-state index in [1.165, 1.54) is 6.07 Å². The molecule has 0 unspecified atom stereocenters. The maximum Gasteiger partial charge on any atom is 0.165 e. The van der Waals surface area contributed by atoms with E-state index in [1.54, 1.807) is 24.5 Å². The third kappa shape index (κ3) is 3.81. The molecule has 0 aliphatic rings. The summed E-state index contributed by atoms with van der Waals surface area (Å²) in [6.45, 7) is 2.47. The molecule has 2 N–H and O–H groups in total. The predicted octanol–water partition coefficient (Wildman–Crippen LogP) is 2.42. The molecule has 1 aromatic carbocycles. The lowest BCUT2D eigenvalue weighted by Gasteiger charge is -2.08. The van der Waals surface area contributed by atoms with Crippen LogP contribution < -0.4 is 10.5 Å². The van der Waals surface area contributed by atoms with Crippen LogP contribution in [0.2, 0.25) is 0 Å². The number of hydrogen-bond donors (Lipinski definition) is 1. The quantitative estimate of drug-likeness (QED) is 0.871. The van der Waals surface area contributed by atoms with E-state index in [4.69, 9.17) is 10.5 Å². The van der Waals surface area contributed by atoms with E-state index in [2.05, 4.69) is 16.8 Å². The lowest BCUT2D eigenvalue weighted by Crippen LogP contribution is -1.99. The number of aromatic nitrogens is 1. The molecule has 102 valence electrons.